The Kier molecular flexibility index (Phi) is 4.17. The molecule has 5 aromatic rings. The number of hydrogen-bond donors (Lipinski definition) is 3. The van der Waals surface area contributed by atoms with E-state index in [0.717, 1.165) is 34.0 Å². The zero-order valence-electron chi connectivity index (χ0n) is 16.1. The van der Waals surface area contributed by atoms with Gasteiger partial charge in [0.1, 0.15) is 11.4 Å². The van der Waals surface area contributed by atoms with Crippen molar-refractivity contribution in [2.45, 2.75) is 6.42 Å². The van der Waals surface area contributed by atoms with Crippen LogP contribution in [0, 0.1) is 0 Å². The maximum atomic E-state index is 13.0. The fourth-order valence-electron chi connectivity index (χ4n) is 3.80. The molecule has 6 heteroatoms. The van der Waals surface area contributed by atoms with Gasteiger partial charge in [-0.3, -0.25) is 4.79 Å². The molecule has 6 nitrogen and oxygen atoms in total. The van der Waals surface area contributed by atoms with Gasteiger partial charge in [0.25, 0.3) is 5.56 Å². The first-order chi connectivity index (χ1) is 14.2. The summed E-state index contributed by atoms with van der Waals surface area (Å²) in [5.41, 5.74) is 4.96. The van der Waals surface area contributed by atoms with Gasteiger partial charge in [0.2, 0.25) is 0 Å². The predicted octanol–water partition coefficient (Wildman–Crippen LogP) is 4.06. The number of rotatable bonds is 5. The molecule has 0 amide bonds. The van der Waals surface area contributed by atoms with E-state index >= 15 is 0 Å². The summed E-state index contributed by atoms with van der Waals surface area (Å²) < 4.78 is 2.11. The summed E-state index contributed by atoms with van der Waals surface area (Å²) >= 11 is 0. The Labute approximate surface area is 167 Å². The molecule has 0 unspecified atom stereocenters. The number of benzene rings is 2. The molecule has 0 aliphatic carbocycles. The monoisotopic (exact) mass is 383 g/mol. The highest BCUT2D eigenvalue weighted by atomic mass is 16.1. The molecule has 0 saturated carbocycles. The minimum Gasteiger partial charge on any atom is -0.383 e. The first kappa shape index (κ1) is 17.3. The number of aryl methyl sites for hydroxylation is 1. The second-order valence-corrected chi connectivity index (χ2v) is 7.14. The van der Waals surface area contributed by atoms with Gasteiger partial charge in [0.15, 0.2) is 0 Å². The van der Waals surface area contributed by atoms with Crippen LogP contribution < -0.4 is 10.9 Å². The summed E-state index contributed by atoms with van der Waals surface area (Å²) in [6, 6.07) is 19.8. The van der Waals surface area contributed by atoms with E-state index < -0.39 is 0 Å². The topological polar surface area (TPSA) is 78.5 Å². The fraction of sp³-hybridized carbons (Fsp3) is 0.130. The summed E-state index contributed by atoms with van der Waals surface area (Å²) in [5, 5.41) is 4.48. The van der Waals surface area contributed by atoms with Crippen molar-refractivity contribution in [2.75, 3.05) is 11.9 Å². The van der Waals surface area contributed by atoms with Crippen LogP contribution in [0.4, 0.5) is 5.69 Å². The smallest absolute Gasteiger partial charge is 0.261 e. The summed E-state index contributed by atoms with van der Waals surface area (Å²) in [6.07, 6.45) is 2.89. The lowest BCUT2D eigenvalue weighted by Gasteiger charge is -2.14. The predicted molar refractivity (Wildman–Crippen MR) is 117 cm³/mol. The van der Waals surface area contributed by atoms with Crippen molar-refractivity contribution in [3.05, 3.63) is 82.9 Å². The standard InChI is InChI=1S/C23H21N5O/c1-28-14-6-7-15(28)12-13-24-21-16-8-2-3-9-17(16)27-23(29)20(21)22-25-18-10-4-5-11-19(18)26-22/h2-11,14H,12-13H2,1H3,(H,25,26)(H2,24,27,29). The summed E-state index contributed by atoms with van der Waals surface area (Å²) in [5.74, 6) is 0.569. The molecule has 0 saturated heterocycles. The number of nitrogens with one attached hydrogen (secondary N) is 3. The summed E-state index contributed by atoms with van der Waals surface area (Å²) in [6.45, 7) is 0.707. The highest BCUT2D eigenvalue weighted by Gasteiger charge is 2.17. The Balaban J connectivity index is 1.62. The fourth-order valence-corrected chi connectivity index (χ4v) is 3.80. The Bertz CT molecular complexity index is 1340. The average molecular weight is 383 g/mol. The number of para-hydroxylation sites is 3. The van der Waals surface area contributed by atoms with Crippen molar-refractivity contribution >= 4 is 27.6 Å². The average Bonchev–Trinajstić information content (AvgIpc) is 3.33. The van der Waals surface area contributed by atoms with Crippen LogP contribution in [0.3, 0.4) is 0 Å². The second-order valence-electron chi connectivity index (χ2n) is 7.14. The number of aromatic amines is 2. The van der Waals surface area contributed by atoms with Crippen LogP contribution >= 0.6 is 0 Å². The van der Waals surface area contributed by atoms with E-state index in [4.69, 9.17) is 0 Å². The van der Waals surface area contributed by atoms with E-state index in [-0.39, 0.29) is 5.56 Å². The third-order valence-corrected chi connectivity index (χ3v) is 5.28. The zero-order valence-corrected chi connectivity index (χ0v) is 16.1. The minimum absolute atomic E-state index is 0.163. The van der Waals surface area contributed by atoms with Crippen molar-refractivity contribution in [2.24, 2.45) is 7.05 Å². The van der Waals surface area contributed by atoms with Gasteiger partial charge in [-0.15, -0.1) is 0 Å². The first-order valence-electron chi connectivity index (χ1n) is 9.65. The zero-order chi connectivity index (χ0) is 19.8. The molecule has 144 valence electrons. The lowest BCUT2D eigenvalue weighted by Crippen LogP contribution is -2.16. The summed E-state index contributed by atoms with van der Waals surface area (Å²) in [7, 11) is 2.04. The van der Waals surface area contributed by atoms with Crippen LogP contribution in [0.1, 0.15) is 5.69 Å². The maximum absolute atomic E-state index is 13.0. The minimum atomic E-state index is -0.163. The van der Waals surface area contributed by atoms with Gasteiger partial charge < -0.3 is 19.9 Å². The molecule has 0 radical (unpaired) electrons. The highest BCUT2D eigenvalue weighted by molar-refractivity contribution is 5.99. The molecule has 5 rings (SSSR count). The normalized spacial score (nSPS) is 11.3. The van der Waals surface area contributed by atoms with Crippen LogP contribution in [0.25, 0.3) is 33.3 Å². The Hall–Kier alpha value is -3.80. The number of nitrogens with zero attached hydrogens (tertiary/aromatic N) is 2. The van der Waals surface area contributed by atoms with E-state index in [2.05, 4.69) is 30.9 Å². The molecule has 29 heavy (non-hydrogen) atoms. The lowest BCUT2D eigenvalue weighted by molar-refractivity contribution is 0.820. The molecule has 0 aliphatic rings. The van der Waals surface area contributed by atoms with Gasteiger partial charge in [0.05, 0.1) is 22.2 Å². The van der Waals surface area contributed by atoms with E-state index in [1.54, 1.807) is 0 Å². The molecule has 2 aromatic carbocycles. The Morgan fingerprint density at radius 3 is 2.55 bits per heavy atom. The lowest BCUT2D eigenvalue weighted by atomic mass is 10.1. The summed E-state index contributed by atoms with van der Waals surface area (Å²) in [4.78, 5) is 24.0. The van der Waals surface area contributed by atoms with E-state index in [9.17, 15) is 4.79 Å². The van der Waals surface area contributed by atoms with Crippen molar-refractivity contribution in [3.63, 3.8) is 0 Å². The molecule has 3 aromatic heterocycles. The first-order valence-corrected chi connectivity index (χ1v) is 9.65. The van der Waals surface area contributed by atoms with Crippen molar-refractivity contribution in [3.8, 4) is 11.4 Å². The van der Waals surface area contributed by atoms with Gasteiger partial charge in [-0.1, -0.05) is 30.3 Å². The van der Waals surface area contributed by atoms with Gasteiger partial charge >= 0.3 is 0 Å². The molecule has 3 heterocycles. The van der Waals surface area contributed by atoms with E-state index in [1.807, 2.05) is 67.8 Å². The second kappa shape index (κ2) is 6.98. The molecule has 0 bridgehead atoms. The molecule has 3 N–H and O–H groups in total. The number of fused-ring (bicyclic) bond motifs is 2. The molecular weight excluding hydrogens is 362 g/mol. The molecule has 0 spiro atoms. The molecular formula is C23H21N5O. The molecule has 0 aliphatic heterocycles. The number of aromatic nitrogens is 4. The number of anilines is 1. The number of H-pyrrole nitrogens is 2. The third-order valence-electron chi connectivity index (χ3n) is 5.28. The van der Waals surface area contributed by atoms with Crippen LogP contribution in [-0.4, -0.2) is 26.1 Å². The van der Waals surface area contributed by atoms with Crippen molar-refractivity contribution in [1.29, 1.82) is 0 Å². The van der Waals surface area contributed by atoms with Crippen LogP contribution in [0.2, 0.25) is 0 Å². The SMILES string of the molecule is Cn1cccc1CCNc1c(-c2nc3ccccc3[nH]2)c(=O)[nH]c2ccccc12. The quantitative estimate of drug-likeness (QED) is 0.428. The Morgan fingerprint density at radius 1 is 0.966 bits per heavy atom. The largest absolute Gasteiger partial charge is 0.383 e. The van der Waals surface area contributed by atoms with Crippen molar-refractivity contribution < 1.29 is 0 Å². The van der Waals surface area contributed by atoms with E-state index in [1.165, 1.54) is 5.69 Å². The molecule has 0 fully saturated rings. The van der Waals surface area contributed by atoms with Crippen LogP contribution in [0.5, 0.6) is 0 Å². The van der Waals surface area contributed by atoms with E-state index in [0.29, 0.717) is 17.9 Å². The van der Waals surface area contributed by atoms with Crippen molar-refractivity contribution in [1.82, 2.24) is 19.5 Å². The number of pyridine rings is 1. The Morgan fingerprint density at radius 2 is 1.76 bits per heavy atom. The van der Waals surface area contributed by atoms with Gasteiger partial charge in [-0.25, -0.2) is 4.98 Å². The van der Waals surface area contributed by atoms with Crippen LogP contribution in [-0.2, 0) is 13.5 Å². The number of hydrogen-bond acceptors (Lipinski definition) is 3. The van der Waals surface area contributed by atoms with Crippen LogP contribution in [0.15, 0.2) is 71.7 Å². The molecule has 0 atom stereocenters. The number of imidazole rings is 1. The third kappa shape index (κ3) is 3.08. The van der Waals surface area contributed by atoms with Gasteiger partial charge in [-0.05, 0) is 30.3 Å². The highest BCUT2D eigenvalue weighted by Crippen LogP contribution is 2.30. The van der Waals surface area contributed by atoms with Gasteiger partial charge in [-0.2, -0.15) is 0 Å². The maximum Gasteiger partial charge on any atom is 0.261 e. The van der Waals surface area contributed by atoms with Gasteiger partial charge in [0, 0.05) is 37.3 Å².